The van der Waals surface area contributed by atoms with Crippen molar-refractivity contribution >= 4 is 0 Å². The molecular weight excluding hydrogens is 513 g/mol. The van der Waals surface area contributed by atoms with Crippen molar-refractivity contribution in [1.82, 2.24) is 14.5 Å². The molecule has 0 spiro atoms. The molecule has 1 aliphatic carbocycles. The zero-order chi connectivity index (χ0) is 28.2. The minimum Gasteiger partial charge on any atom is -0.497 e. The average molecular weight is 548 g/mol. The van der Waals surface area contributed by atoms with Crippen LogP contribution in [0.5, 0.6) is 11.5 Å². The van der Waals surface area contributed by atoms with Gasteiger partial charge < -0.3 is 14.0 Å². The van der Waals surface area contributed by atoms with E-state index in [0.29, 0.717) is 30.9 Å². The Bertz CT molecular complexity index is 1590. The van der Waals surface area contributed by atoms with Crippen molar-refractivity contribution in [2.45, 2.75) is 38.5 Å². The summed E-state index contributed by atoms with van der Waals surface area (Å²) in [6.07, 6.45) is 3.92. The Morgan fingerprint density at radius 2 is 1.44 bits per heavy atom. The predicted octanol–water partition coefficient (Wildman–Crippen LogP) is 7.25. The van der Waals surface area contributed by atoms with Crippen molar-refractivity contribution in [3.8, 4) is 22.9 Å². The number of fused-ring (bicyclic) bond motifs is 1. The molecule has 0 radical (unpaired) electrons. The van der Waals surface area contributed by atoms with Crippen molar-refractivity contribution in [3.05, 3.63) is 137 Å². The molecule has 0 saturated heterocycles. The van der Waals surface area contributed by atoms with Gasteiger partial charge in [0.05, 0.1) is 26.1 Å². The molecule has 0 amide bonds. The highest BCUT2D eigenvalue weighted by Gasteiger charge is 2.28. The van der Waals surface area contributed by atoms with Crippen LogP contribution in [0.2, 0.25) is 0 Å². The normalized spacial score (nSPS) is 13.0. The molecule has 0 aliphatic heterocycles. The quantitative estimate of drug-likeness (QED) is 0.185. The van der Waals surface area contributed by atoms with E-state index in [-0.39, 0.29) is 11.9 Å². The lowest BCUT2D eigenvalue weighted by atomic mass is 10.1. The third-order valence-electron chi connectivity index (χ3n) is 7.90. The van der Waals surface area contributed by atoms with Gasteiger partial charge in [-0.3, -0.25) is 4.90 Å². The number of imidazole rings is 1. The molecule has 1 aromatic heterocycles. The van der Waals surface area contributed by atoms with Crippen LogP contribution in [-0.2, 0) is 32.5 Å². The molecule has 41 heavy (non-hydrogen) atoms. The van der Waals surface area contributed by atoms with E-state index in [4.69, 9.17) is 14.5 Å². The second-order valence-electron chi connectivity index (χ2n) is 10.6. The third-order valence-corrected chi connectivity index (χ3v) is 7.90. The second-order valence-corrected chi connectivity index (χ2v) is 10.6. The number of methoxy groups -OCH3 is 2. The highest BCUT2D eigenvalue weighted by Crippen LogP contribution is 2.35. The summed E-state index contributed by atoms with van der Waals surface area (Å²) < 4.78 is 28.2. The lowest BCUT2D eigenvalue weighted by Gasteiger charge is -2.26. The summed E-state index contributed by atoms with van der Waals surface area (Å²) in [5, 5.41) is 0. The molecule has 0 bridgehead atoms. The van der Waals surface area contributed by atoms with Gasteiger partial charge in [0.15, 0.2) is 0 Å². The largest absolute Gasteiger partial charge is 0.497 e. The standard InChI is InChI=1S/C35H34FN3O2/c1-40-32-14-12-25(13-15-32)22-38(23-29-20-33(41-2)16-17-34(29)36)24-31-21-37-35(26-8-4-3-5-9-26)39(31)30-18-27-10-6-7-11-28(27)19-30/h3-17,20-21,30H,18-19,22-24H2,1-2H3. The number of aromatic nitrogens is 2. The average Bonchev–Trinajstić information content (AvgIpc) is 3.63. The Labute approximate surface area is 240 Å². The summed E-state index contributed by atoms with van der Waals surface area (Å²) in [5.41, 5.74) is 6.71. The molecule has 0 atom stereocenters. The molecule has 6 heteroatoms. The first-order chi connectivity index (χ1) is 20.1. The highest BCUT2D eigenvalue weighted by molar-refractivity contribution is 5.56. The van der Waals surface area contributed by atoms with E-state index in [1.165, 1.54) is 17.2 Å². The summed E-state index contributed by atoms with van der Waals surface area (Å²) in [4.78, 5) is 7.22. The smallest absolute Gasteiger partial charge is 0.140 e. The first-order valence-electron chi connectivity index (χ1n) is 14.0. The van der Waals surface area contributed by atoms with Gasteiger partial charge >= 0.3 is 0 Å². The van der Waals surface area contributed by atoms with Crippen molar-refractivity contribution in [1.29, 1.82) is 0 Å². The lowest BCUT2D eigenvalue weighted by Crippen LogP contribution is -2.26. The molecule has 208 valence electrons. The molecule has 0 saturated carbocycles. The molecule has 0 fully saturated rings. The SMILES string of the molecule is COc1ccc(CN(Cc2cc(OC)ccc2F)Cc2cnc(-c3ccccc3)n2C2Cc3ccccc3C2)cc1. The Morgan fingerprint density at radius 1 is 0.780 bits per heavy atom. The van der Waals surface area contributed by atoms with Gasteiger partial charge in [-0.1, -0.05) is 66.7 Å². The van der Waals surface area contributed by atoms with Gasteiger partial charge in [-0.25, -0.2) is 9.37 Å². The van der Waals surface area contributed by atoms with E-state index in [1.807, 2.05) is 24.4 Å². The Balaban J connectivity index is 1.37. The summed E-state index contributed by atoms with van der Waals surface area (Å²) >= 11 is 0. The van der Waals surface area contributed by atoms with Crippen molar-refractivity contribution < 1.29 is 13.9 Å². The van der Waals surface area contributed by atoms with Crippen LogP contribution >= 0.6 is 0 Å². The van der Waals surface area contributed by atoms with Crippen LogP contribution in [0.3, 0.4) is 0 Å². The van der Waals surface area contributed by atoms with Crippen LogP contribution in [0, 0.1) is 5.82 Å². The Hall–Kier alpha value is -4.42. The second kappa shape index (κ2) is 12.0. The van der Waals surface area contributed by atoms with E-state index in [1.54, 1.807) is 26.4 Å². The Kier molecular flexibility index (Phi) is 7.83. The molecule has 5 aromatic rings. The molecule has 0 unspecified atom stereocenters. The van der Waals surface area contributed by atoms with Crippen molar-refractivity contribution in [2.75, 3.05) is 14.2 Å². The van der Waals surface area contributed by atoms with Crippen LogP contribution in [-0.4, -0.2) is 28.7 Å². The van der Waals surface area contributed by atoms with Gasteiger partial charge in [0, 0.05) is 36.8 Å². The number of ether oxygens (including phenoxy) is 2. The molecule has 0 N–H and O–H groups in total. The zero-order valence-corrected chi connectivity index (χ0v) is 23.5. The molecule has 1 aliphatic rings. The zero-order valence-electron chi connectivity index (χ0n) is 23.5. The maximum Gasteiger partial charge on any atom is 0.140 e. The van der Waals surface area contributed by atoms with Crippen molar-refractivity contribution in [2.24, 2.45) is 0 Å². The first-order valence-corrected chi connectivity index (χ1v) is 14.0. The van der Waals surface area contributed by atoms with Crippen molar-refractivity contribution in [3.63, 3.8) is 0 Å². The van der Waals surface area contributed by atoms with Crippen LogP contribution in [0.15, 0.2) is 103 Å². The van der Waals surface area contributed by atoms with Gasteiger partial charge in [0.25, 0.3) is 0 Å². The number of nitrogens with zero attached hydrogens (tertiary/aromatic N) is 3. The molecule has 1 heterocycles. The first kappa shape index (κ1) is 26.8. The van der Waals surface area contributed by atoms with Gasteiger partial charge in [-0.2, -0.15) is 0 Å². The number of hydrogen-bond donors (Lipinski definition) is 0. The van der Waals surface area contributed by atoms with E-state index >= 15 is 4.39 Å². The molecule has 5 nitrogen and oxygen atoms in total. The number of benzene rings is 4. The summed E-state index contributed by atoms with van der Waals surface area (Å²) in [6, 6.07) is 32.3. The predicted molar refractivity (Wildman–Crippen MR) is 159 cm³/mol. The minimum absolute atomic E-state index is 0.241. The van der Waals surface area contributed by atoms with Crippen LogP contribution in [0.1, 0.15) is 34.0 Å². The number of halogens is 1. The van der Waals surface area contributed by atoms with Gasteiger partial charge in [-0.05, 0) is 59.9 Å². The summed E-state index contributed by atoms with van der Waals surface area (Å²) in [6.45, 7) is 1.67. The van der Waals surface area contributed by atoms with E-state index in [2.05, 4.69) is 70.1 Å². The molecule has 6 rings (SSSR count). The molecular formula is C35H34FN3O2. The van der Waals surface area contributed by atoms with E-state index in [9.17, 15) is 0 Å². The van der Waals surface area contributed by atoms with E-state index < -0.39 is 0 Å². The van der Waals surface area contributed by atoms with E-state index in [0.717, 1.165) is 41.2 Å². The minimum atomic E-state index is -0.241. The van der Waals surface area contributed by atoms with Gasteiger partial charge in [-0.15, -0.1) is 0 Å². The third kappa shape index (κ3) is 5.88. The fourth-order valence-corrected chi connectivity index (χ4v) is 5.87. The lowest BCUT2D eigenvalue weighted by molar-refractivity contribution is 0.235. The van der Waals surface area contributed by atoms with Crippen LogP contribution in [0.25, 0.3) is 11.4 Å². The summed E-state index contributed by atoms with van der Waals surface area (Å²) in [5.74, 6) is 2.18. The van der Waals surface area contributed by atoms with Gasteiger partial charge in [0.2, 0.25) is 0 Å². The van der Waals surface area contributed by atoms with Crippen LogP contribution < -0.4 is 9.47 Å². The fraction of sp³-hybridized carbons (Fsp3) is 0.229. The number of hydrogen-bond acceptors (Lipinski definition) is 4. The fourth-order valence-electron chi connectivity index (χ4n) is 5.87. The monoisotopic (exact) mass is 547 g/mol. The maximum atomic E-state index is 15.0. The maximum absolute atomic E-state index is 15.0. The molecule has 4 aromatic carbocycles. The Morgan fingerprint density at radius 3 is 2.12 bits per heavy atom. The van der Waals surface area contributed by atoms with Crippen LogP contribution in [0.4, 0.5) is 4.39 Å². The van der Waals surface area contributed by atoms with Gasteiger partial charge in [0.1, 0.15) is 23.1 Å². The number of rotatable bonds is 10. The topological polar surface area (TPSA) is 39.5 Å². The summed E-state index contributed by atoms with van der Waals surface area (Å²) in [7, 11) is 3.27. The highest BCUT2D eigenvalue weighted by atomic mass is 19.1.